The summed E-state index contributed by atoms with van der Waals surface area (Å²) in [4.78, 5) is 11.1. The molecule has 0 bridgehead atoms. The maximum atomic E-state index is 12.2. The Bertz CT molecular complexity index is 391. The molecular weight excluding hydrogens is 290 g/mol. The molecule has 114 valence electrons. The van der Waals surface area contributed by atoms with Crippen molar-refractivity contribution in [3.63, 3.8) is 0 Å². The molecular formula is C12H12F6O2. The second-order valence-electron chi connectivity index (χ2n) is 4.26. The van der Waals surface area contributed by atoms with Crippen LogP contribution in [0.15, 0.2) is 23.8 Å². The quantitative estimate of drug-likeness (QED) is 0.581. The van der Waals surface area contributed by atoms with Crippen LogP contribution in [-0.4, -0.2) is 24.9 Å². The van der Waals surface area contributed by atoms with Crippen molar-refractivity contribution >= 4 is 5.97 Å². The van der Waals surface area contributed by atoms with E-state index in [-0.39, 0.29) is 6.61 Å². The standard InChI is InChI=1S/C12H12F6O2/c13-11(14,15)9(12(16,17)18)6-10(19)20-7-8-4-2-1-3-5-8/h2,4-5,9H,1,3,6-7H2. The minimum Gasteiger partial charge on any atom is -0.461 e. The maximum absolute atomic E-state index is 12.2. The molecule has 0 aliphatic heterocycles. The SMILES string of the molecule is O=C(CC(C(F)(F)F)C(F)(F)F)OCC1=CCCC=C1. The van der Waals surface area contributed by atoms with Crippen molar-refractivity contribution in [1.82, 2.24) is 0 Å². The van der Waals surface area contributed by atoms with Crippen LogP contribution in [0.5, 0.6) is 0 Å². The summed E-state index contributed by atoms with van der Waals surface area (Å²) in [5.74, 6) is -5.22. The van der Waals surface area contributed by atoms with E-state index >= 15 is 0 Å². The van der Waals surface area contributed by atoms with E-state index in [2.05, 4.69) is 4.74 Å². The van der Waals surface area contributed by atoms with Crippen molar-refractivity contribution in [2.45, 2.75) is 31.6 Å². The van der Waals surface area contributed by atoms with Gasteiger partial charge in [-0.3, -0.25) is 4.79 Å². The van der Waals surface area contributed by atoms with Crippen LogP contribution in [-0.2, 0) is 9.53 Å². The first kappa shape index (κ1) is 16.6. The van der Waals surface area contributed by atoms with Crippen molar-refractivity contribution < 1.29 is 35.9 Å². The number of alkyl halides is 6. The molecule has 1 aliphatic carbocycles. The molecule has 0 heterocycles. The van der Waals surface area contributed by atoms with Gasteiger partial charge < -0.3 is 4.74 Å². The fraction of sp³-hybridized carbons (Fsp3) is 0.583. The lowest BCUT2D eigenvalue weighted by Gasteiger charge is -2.22. The Kier molecular flexibility index (Phi) is 5.24. The molecule has 1 rings (SSSR count). The van der Waals surface area contributed by atoms with E-state index in [4.69, 9.17) is 0 Å². The van der Waals surface area contributed by atoms with Gasteiger partial charge in [0.2, 0.25) is 0 Å². The van der Waals surface area contributed by atoms with Crippen LogP contribution in [0.4, 0.5) is 26.3 Å². The molecule has 20 heavy (non-hydrogen) atoms. The van der Waals surface area contributed by atoms with Gasteiger partial charge in [0.1, 0.15) is 6.61 Å². The molecule has 0 spiro atoms. The number of carbonyl (C=O) groups is 1. The highest BCUT2D eigenvalue weighted by Crippen LogP contribution is 2.41. The predicted molar refractivity (Wildman–Crippen MR) is 57.6 cm³/mol. The smallest absolute Gasteiger partial charge is 0.401 e. The summed E-state index contributed by atoms with van der Waals surface area (Å²) in [5, 5.41) is 0. The fourth-order valence-electron chi connectivity index (χ4n) is 1.58. The van der Waals surface area contributed by atoms with Crippen LogP contribution in [0.25, 0.3) is 0 Å². The number of halogens is 6. The molecule has 8 heteroatoms. The highest BCUT2D eigenvalue weighted by molar-refractivity contribution is 5.70. The van der Waals surface area contributed by atoms with Crippen molar-refractivity contribution in [3.8, 4) is 0 Å². The highest BCUT2D eigenvalue weighted by Gasteiger charge is 2.57. The van der Waals surface area contributed by atoms with Gasteiger partial charge in [-0.1, -0.05) is 18.2 Å². The van der Waals surface area contributed by atoms with Gasteiger partial charge in [0, 0.05) is 0 Å². The molecule has 0 N–H and O–H groups in total. The van der Waals surface area contributed by atoms with Gasteiger partial charge in [-0.2, -0.15) is 26.3 Å². The van der Waals surface area contributed by atoms with Crippen LogP contribution >= 0.6 is 0 Å². The lowest BCUT2D eigenvalue weighted by molar-refractivity contribution is -0.285. The summed E-state index contributed by atoms with van der Waals surface area (Å²) in [6, 6.07) is 0. The average Bonchev–Trinajstić information content (AvgIpc) is 2.32. The van der Waals surface area contributed by atoms with Gasteiger partial charge in [0.25, 0.3) is 0 Å². The lowest BCUT2D eigenvalue weighted by Crippen LogP contribution is -2.38. The van der Waals surface area contributed by atoms with Gasteiger partial charge in [0.05, 0.1) is 6.42 Å². The molecule has 0 unspecified atom stereocenters. The number of esters is 1. The number of hydrogen-bond donors (Lipinski definition) is 0. The van der Waals surface area contributed by atoms with E-state index < -0.39 is 30.7 Å². The van der Waals surface area contributed by atoms with E-state index in [1.165, 1.54) is 0 Å². The van der Waals surface area contributed by atoms with Gasteiger partial charge in [0.15, 0.2) is 5.92 Å². The molecule has 0 amide bonds. The van der Waals surface area contributed by atoms with E-state index in [0.717, 1.165) is 6.42 Å². The first-order valence-electron chi connectivity index (χ1n) is 5.75. The Balaban J connectivity index is 2.55. The molecule has 0 aromatic rings. The first-order valence-corrected chi connectivity index (χ1v) is 5.75. The van der Waals surface area contributed by atoms with E-state index in [0.29, 0.717) is 12.0 Å². The van der Waals surface area contributed by atoms with Crippen LogP contribution < -0.4 is 0 Å². The third-order valence-electron chi connectivity index (χ3n) is 2.63. The molecule has 0 aromatic heterocycles. The van der Waals surface area contributed by atoms with Crippen LogP contribution in [0.3, 0.4) is 0 Å². The second kappa shape index (κ2) is 6.32. The Labute approximate surface area is 111 Å². The first-order chi connectivity index (χ1) is 9.10. The highest BCUT2D eigenvalue weighted by atomic mass is 19.4. The Morgan fingerprint density at radius 3 is 2.20 bits per heavy atom. The Hall–Kier alpha value is -1.47. The number of carbonyl (C=O) groups excluding carboxylic acids is 1. The third kappa shape index (κ3) is 5.26. The second-order valence-corrected chi connectivity index (χ2v) is 4.26. The lowest BCUT2D eigenvalue weighted by atomic mass is 10.0. The van der Waals surface area contributed by atoms with Crippen LogP contribution in [0.2, 0.25) is 0 Å². The van der Waals surface area contributed by atoms with Crippen molar-refractivity contribution in [3.05, 3.63) is 23.8 Å². The zero-order chi connectivity index (χ0) is 15.4. The molecule has 2 nitrogen and oxygen atoms in total. The molecule has 1 aliphatic rings. The summed E-state index contributed by atoms with van der Waals surface area (Å²) in [5.41, 5.74) is 0.556. The van der Waals surface area contributed by atoms with Gasteiger partial charge in [-0.15, -0.1) is 0 Å². The summed E-state index contributed by atoms with van der Waals surface area (Å²) in [6.45, 7) is -0.322. The zero-order valence-corrected chi connectivity index (χ0v) is 10.2. The van der Waals surface area contributed by atoms with Crippen LogP contribution in [0.1, 0.15) is 19.3 Å². The zero-order valence-electron chi connectivity index (χ0n) is 10.2. The van der Waals surface area contributed by atoms with Gasteiger partial charge in [-0.05, 0) is 18.4 Å². The predicted octanol–water partition coefficient (Wildman–Crippen LogP) is 3.94. The normalized spacial score (nSPS) is 16.2. The molecule has 0 atom stereocenters. The molecule has 0 radical (unpaired) electrons. The van der Waals surface area contributed by atoms with E-state index in [1.807, 2.05) is 0 Å². The van der Waals surface area contributed by atoms with Crippen molar-refractivity contribution in [2.75, 3.05) is 6.61 Å². The monoisotopic (exact) mass is 302 g/mol. The van der Waals surface area contributed by atoms with E-state index in [9.17, 15) is 31.1 Å². The Morgan fingerprint density at radius 1 is 1.15 bits per heavy atom. The minimum atomic E-state index is -5.53. The minimum absolute atomic E-state index is 0.322. The molecule has 0 saturated heterocycles. The number of ether oxygens (including phenoxy) is 1. The summed E-state index contributed by atoms with van der Waals surface area (Å²) in [7, 11) is 0. The Morgan fingerprint density at radius 2 is 1.75 bits per heavy atom. The molecule has 0 fully saturated rings. The van der Waals surface area contributed by atoms with Gasteiger partial charge >= 0.3 is 18.3 Å². The number of rotatable bonds is 4. The van der Waals surface area contributed by atoms with Gasteiger partial charge in [-0.25, -0.2) is 0 Å². The van der Waals surface area contributed by atoms with Crippen LogP contribution in [0, 0.1) is 5.92 Å². The van der Waals surface area contributed by atoms with E-state index in [1.54, 1.807) is 18.2 Å². The number of allylic oxidation sites excluding steroid dienone is 2. The fourth-order valence-corrected chi connectivity index (χ4v) is 1.58. The molecule has 0 aromatic carbocycles. The summed E-state index contributed by atoms with van der Waals surface area (Å²) < 4.78 is 77.8. The topological polar surface area (TPSA) is 26.3 Å². The van der Waals surface area contributed by atoms with Crippen molar-refractivity contribution in [1.29, 1.82) is 0 Å². The summed E-state index contributed by atoms with van der Waals surface area (Å²) in [6.07, 6.45) is -6.23. The molecule has 0 saturated carbocycles. The number of hydrogen-bond acceptors (Lipinski definition) is 2. The third-order valence-corrected chi connectivity index (χ3v) is 2.63. The van der Waals surface area contributed by atoms with Crippen molar-refractivity contribution in [2.24, 2.45) is 5.92 Å². The average molecular weight is 302 g/mol. The maximum Gasteiger partial charge on any atom is 0.401 e. The largest absolute Gasteiger partial charge is 0.461 e. The summed E-state index contributed by atoms with van der Waals surface area (Å²) >= 11 is 0.